The second-order valence-corrected chi connectivity index (χ2v) is 17.0. The third kappa shape index (κ3) is 39.1. The Hall–Kier alpha value is -1.78. The summed E-state index contributed by atoms with van der Waals surface area (Å²) in [5.74, 6) is -2.37. The van der Waals surface area contributed by atoms with E-state index < -0.39 is 51.1 Å². The smallest absolute Gasteiger partial charge is 0.472 e. The fourth-order valence-electron chi connectivity index (χ4n) is 6.41. The molecule has 0 aliphatic heterocycles. The van der Waals surface area contributed by atoms with E-state index >= 15 is 0 Å². The molecule has 0 aliphatic rings. The van der Waals surface area contributed by atoms with Crippen LogP contribution in [0.2, 0.25) is 0 Å². The van der Waals surface area contributed by atoms with Crippen LogP contribution in [0.15, 0.2) is 12.2 Å². The molecule has 3 atom stereocenters. The molecule has 4 N–H and O–H groups in total. The number of esters is 2. The van der Waals surface area contributed by atoms with Crippen LogP contribution in [0.4, 0.5) is 0 Å². The normalized spacial score (nSPS) is 13.8. The minimum atomic E-state index is -4.71. The number of unbranched alkanes of at least 4 members (excludes halogenated alkanes) is 27. The standard InChI is InChI=1S/C44H84NO10P/c1-3-5-7-9-11-13-15-17-19-20-21-22-24-25-27-29-31-33-35-42(46)52-37-40(38-53-56(50,51)54-39-41(45)44(48)49)55-43(47)36-34-32-30-28-26-23-18-16-14-12-10-8-6-4-2/h16,18,40-41H,3-15,17,19-39,45H2,1-2H3,(H,48,49)(H,50,51)/b18-16+/t40-,41+/m0/s1. The number of carboxylic acids is 1. The predicted molar refractivity (Wildman–Crippen MR) is 226 cm³/mol. The molecule has 330 valence electrons. The summed E-state index contributed by atoms with van der Waals surface area (Å²) in [4.78, 5) is 46.0. The van der Waals surface area contributed by atoms with Gasteiger partial charge in [-0.1, -0.05) is 180 Å². The van der Waals surface area contributed by atoms with Crippen molar-refractivity contribution < 1.29 is 47.5 Å². The van der Waals surface area contributed by atoms with Crippen molar-refractivity contribution in [3.05, 3.63) is 12.2 Å². The van der Waals surface area contributed by atoms with Crippen molar-refractivity contribution in [2.45, 2.75) is 231 Å². The average molecular weight is 818 g/mol. The average Bonchev–Trinajstić information content (AvgIpc) is 3.17. The molecule has 0 aromatic carbocycles. The van der Waals surface area contributed by atoms with Crippen LogP contribution in [-0.2, 0) is 37.5 Å². The van der Waals surface area contributed by atoms with E-state index in [9.17, 15) is 23.8 Å². The van der Waals surface area contributed by atoms with E-state index in [2.05, 4.69) is 30.5 Å². The van der Waals surface area contributed by atoms with Crippen molar-refractivity contribution in [2.75, 3.05) is 19.8 Å². The summed E-state index contributed by atoms with van der Waals surface area (Å²) in [6, 6.07) is -1.52. The fourth-order valence-corrected chi connectivity index (χ4v) is 7.19. The summed E-state index contributed by atoms with van der Waals surface area (Å²) in [5.41, 5.74) is 5.33. The number of carboxylic acid groups (broad SMARTS) is 1. The van der Waals surface area contributed by atoms with Crippen molar-refractivity contribution in [1.29, 1.82) is 0 Å². The highest BCUT2D eigenvalue weighted by Gasteiger charge is 2.28. The predicted octanol–water partition coefficient (Wildman–Crippen LogP) is 12.1. The van der Waals surface area contributed by atoms with Crippen molar-refractivity contribution in [3.63, 3.8) is 0 Å². The molecule has 0 spiro atoms. The summed E-state index contributed by atoms with van der Waals surface area (Å²) in [7, 11) is -4.71. The molecular weight excluding hydrogens is 733 g/mol. The molecule has 11 nitrogen and oxygen atoms in total. The van der Waals surface area contributed by atoms with Gasteiger partial charge < -0.3 is 25.2 Å². The zero-order valence-corrected chi connectivity index (χ0v) is 36.6. The van der Waals surface area contributed by atoms with Crippen LogP contribution in [0.25, 0.3) is 0 Å². The van der Waals surface area contributed by atoms with Gasteiger partial charge in [0.15, 0.2) is 6.10 Å². The zero-order chi connectivity index (χ0) is 41.4. The number of hydrogen-bond donors (Lipinski definition) is 3. The number of carbonyl (C=O) groups excluding carboxylic acids is 2. The number of rotatable bonds is 43. The Morgan fingerprint density at radius 1 is 0.536 bits per heavy atom. The van der Waals surface area contributed by atoms with Gasteiger partial charge in [-0.05, 0) is 38.5 Å². The first-order chi connectivity index (χ1) is 27.1. The number of hydrogen-bond acceptors (Lipinski definition) is 9. The third-order valence-corrected chi connectivity index (χ3v) is 11.0. The number of aliphatic carboxylic acids is 1. The summed E-state index contributed by atoms with van der Waals surface area (Å²) in [5, 5.41) is 8.89. The highest BCUT2D eigenvalue weighted by molar-refractivity contribution is 7.47. The number of phosphoric ester groups is 1. The van der Waals surface area contributed by atoms with E-state index in [4.69, 9.17) is 24.8 Å². The summed E-state index contributed by atoms with van der Waals surface area (Å²) >= 11 is 0. The first-order valence-electron chi connectivity index (χ1n) is 22.7. The molecule has 0 saturated carbocycles. The molecule has 0 aliphatic carbocycles. The molecular formula is C44H84NO10P. The van der Waals surface area contributed by atoms with Crippen LogP contribution in [0.1, 0.15) is 219 Å². The van der Waals surface area contributed by atoms with Crippen LogP contribution in [0, 0.1) is 0 Å². The second kappa shape index (κ2) is 40.0. The number of carbonyl (C=O) groups is 3. The van der Waals surface area contributed by atoms with Gasteiger partial charge in [-0.15, -0.1) is 0 Å². The Kier molecular flexibility index (Phi) is 38.7. The van der Waals surface area contributed by atoms with Crippen LogP contribution in [-0.4, -0.2) is 59.9 Å². The van der Waals surface area contributed by atoms with Gasteiger partial charge in [-0.3, -0.25) is 23.4 Å². The third-order valence-electron chi connectivity index (χ3n) is 10.0. The van der Waals surface area contributed by atoms with Gasteiger partial charge in [0.25, 0.3) is 0 Å². The Morgan fingerprint density at radius 3 is 1.30 bits per heavy atom. The van der Waals surface area contributed by atoms with E-state index in [-0.39, 0.29) is 19.4 Å². The molecule has 0 radical (unpaired) electrons. The van der Waals surface area contributed by atoms with Gasteiger partial charge in [0.2, 0.25) is 0 Å². The Bertz CT molecular complexity index is 1010. The van der Waals surface area contributed by atoms with Crippen LogP contribution >= 0.6 is 7.82 Å². The molecule has 0 bridgehead atoms. The van der Waals surface area contributed by atoms with Gasteiger partial charge in [0.1, 0.15) is 12.6 Å². The van der Waals surface area contributed by atoms with Crippen molar-refractivity contribution in [2.24, 2.45) is 5.73 Å². The molecule has 0 rings (SSSR count). The maximum atomic E-state index is 12.6. The molecule has 0 heterocycles. The zero-order valence-electron chi connectivity index (χ0n) is 35.7. The monoisotopic (exact) mass is 818 g/mol. The van der Waals surface area contributed by atoms with E-state index in [1.54, 1.807) is 0 Å². The van der Waals surface area contributed by atoms with Gasteiger partial charge in [-0.2, -0.15) is 0 Å². The van der Waals surface area contributed by atoms with E-state index in [1.165, 1.54) is 122 Å². The lowest BCUT2D eigenvalue weighted by molar-refractivity contribution is -0.161. The molecule has 0 aromatic heterocycles. The molecule has 56 heavy (non-hydrogen) atoms. The largest absolute Gasteiger partial charge is 0.480 e. The Morgan fingerprint density at radius 2 is 0.893 bits per heavy atom. The molecule has 12 heteroatoms. The van der Waals surface area contributed by atoms with Crippen LogP contribution in [0.5, 0.6) is 0 Å². The topological polar surface area (TPSA) is 172 Å². The molecule has 1 unspecified atom stereocenters. The van der Waals surface area contributed by atoms with Crippen molar-refractivity contribution in [3.8, 4) is 0 Å². The van der Waals surface area contributed by atoms with E-state index in [1.807, 2.05) is 0 Å². The molecule has 0 fully saturated rings. The molecule has 0 amide bonds. The lowest BCUT2D eigenvalue weighted by atomic mass is 10.0. The maximum absolute atomic E-state index is 12.6. The van der Waals surface area contributed by atoms with Crippen molar-refractivity contribution >= 4 is 25.7 Å². The first kappa shape index (κ1) is 54.2. The highest BCUT2D eigenvalue weighted by atomic mass is 31.2. The molecule has 0 saturated heterocycles. The van der Waals surface area contributed by atoms with Crippen LogP contribution < -0.4 is 5.73 Å². The number of allylic oxidation sites excluding steroid dienone is 2. The van der Waals surface area contributed by atoms with Gasteiger partial charge in [-0.25, -0.2) is 4.57 Å². The summed E-state index contributed by atoms with van der Waals surface area (Å²) in [6.45, 7) is 2.81. The van der Waals surface area contributed by atoms with Crippen molar-refractivity contribution in [1.82, 2.24) is 0 Å². The quantitative estimate of drug-likeness (QED) is 0.0231. The Labute approximate surface area is 341 Å². The van der Waals surface area contributed by atoms with Crippen LogP contribution in [0.3, 0.4) is 0 Å². The number of phosphoric acid groups is 1. The minimum absolute atomic E-state index is 0.155. The Balaban J connectivity index is 4.29. The SMILES string of the molecule is CCCCCCC/C=C/CCCCCCCC(=O)O[C@@H](COC(=O)CCCCCCCCCCCCCCCCCCCC)COP(=O)(O)OC[C@@H](N)C(=O)O. The maximum Gasteiger partial charge on any atom is 0.472 e. The fraction of sp³-hybridized carbons (Fsp3) is 0.886. The lowest BCUT2D eigenvalue weighted by Gasteiger charge is -2.20. The lowest BCUT2D eigenvalue weighted by Crippen LogP contribution is -2.34. The first-order valence-corrected chi connectivity index (χ1v) is 24.2. The van der Waals surface area contributed by atoms with E-state index in [0.717, 1.165) is 57.8 Å². The summed E-state index contributed by atoms with van der Waals surface area (Å²) in [6.07, 6.45) is 39.9. The van der Waals surface area contributed by atoms with Gasteiger partial charge in [0, 0.05) is 12.8 Å². The highest BCUT2D eigenvalue weighted by Crippen LogP contribution is 2.43. The molecule has 0 aromatic rings. The van der Waals surface area contributed by atoms with Gasteiger partial charge >= 0.3 is 25.7 Å². The summed E-state index contributed by atoms with van der Waals surface area (Å²) < 4.78 is 32.7. The minimum Gasteiger partial charge on any atom is -0.480 e. The van der Waals surface area contributed by atoms with E-state index in [0.29, 0.717) is 12.8 Å². The van der Waals surface area contributed by atoms with Gasteiger partial charge in [0.05, 0.1) is 13.2 Å². The second-order valence-electron chi connectivity index (χ2n) is 15.5. The number of ether oxygens (including phenoxy) is 2. The number of nitrogens with two attached hydrogens (primary N) is 1.